The van der Waals surface area contributed by atoms with Crippen LogP contribution in [0, 0.1) is 13.1 Å². The van der Waals surface area contributed by atoms with Gasteiger partial charge >= 0.3 is 5.97 Å². The van der Waals surface area contributed by atoms with Gasteiger partial charge in [-0.3, -0.25) is 0 Å². The highest BCUT2D eigenvalue weighted by Crippen LogP contribution is 2.34. The molecule has 0 saturated carbocycles. The second-order valence-electron chi connectivity index (χ2n) is 7.48. The van der Waals surface area contributed by atoms with Crippen molar-refractivity contribution in [3.63, 3.8) is 0 Å². The summed E-state index contributed by atoms with van der Waals surface area (Å²) in [6, 6.07) is 10.1. The average Bonchev–Trinajstić information content (AvgIpc) is 3.07. The Morgan fingerprint density at radius 2 is 1.80 bits per heavy atom. The second kappa shape index (κ2) is 6.87. The van der Waals surface area contributed by atoms with Crippen LogP contribution in [0.3, 0.4) is 0 Å². The number of hydrogen-bond acceptors (Lipinski definition) is 4. The highest BCUT2D eigenvalue weighted by molar-refractivity contribution is 5.96. The summed E-state index contributed by atoms with van der Waals surface area (Å²) in [5, 5.41) is 0. The molecule has 0 spiro atoms. The molecule has 0 aliphatic carbocycles. The molecule has 3 rings (SSSR count). The monoisotopic (exact) mass is 337 g/mol. The van der Waals surface area contributed by atoms with Crippen molar-refractivity contribution in [1.82, 2.24) is 4.98 Å². The number of esters is 1. The van der Waals surface area contributed by atoms with E-state index in [9.17, 15) is 4.79 Å². The van der Waals surface area contributed by atoms with Gasteiger partial charge in [0.05, 0.1) is 11.9 Å². The van der Waals surface area contributed by atoms with Crippen LogP contribution in [0.25, 0.3) is 11.1 Å². The van der Waals surface area contributed by atoms with Crippen LogP contribution in [-0.2, 0) is 4.74 Å². The maximum absolute atomic E-state index is 12.7. The van der Waals surface area contributed by atoms with Gasteiger partial charge in [-0.25, -0.2) is 9.78 Å². The number of aromatic nitrogens is 1. The van der Waals surface area contributed by atoms with E-state index < -0.39 is 5.60 Å². The topological polar surface area (TPSA) is 42.4 Å². The molecule has 1 saturated heterocycles. The van der Waals surface area contributed by atoms with Crippen molar-refractivity contribution in [3.05, 3.63) is 47.8 Å². The zero-order valence-corrected chi connectivity index (χ0v) is 15.4. The van der Waals surface area contributed by atoms with Gasteiger partial charge in [-0.05, 0) is 51.7 Å². The largest absolute Gasteiger partial charge is 0.455 e. The molecular weight excluding hydrogens is 312 g/mol. The minimum Gasteiger partial charge on any atom is -0.455 e. The van der Waals surface area contributed by atoms with Gasteiger partial charge in [-0.2, -0.15) is 0 Å². The normalized spacial score (nSPS) is 14.6. The van der Waals surface area contributed by atoms with Gasteiger partial charge in [0.1, 0.15) is 5.60 Å². The van der Waals surface area contributed by atoms with Crippen LogP contribution in [0.4, 0.5) is 5.69 Å². The molecule has 4 nitrogen and oxygen atoms in total. The van der Waals surface area contributed by atoms with Crippen LogP contribution >= 0.6 is 0 Å². The fraction of sp³-hybridized carbons (Fsp3) is 0.429. The van der Waals surface area contributed by atoms with E-state index in [0.717, 1.165) is 48.3 Å². The third-order valence-corrected chi connectivity index (χ3v) is 4.31. The summed E-state index contributed by atoms with van der Waals surface area (Å²) < 4.78 is 5.58. The number of benzene rings is 1. The van der Waals surface area contributed by atoms with Gasteiger partial charge in [0.25, 0.3) is 0 Å². The zero-order chi connectivity index (χ0) is 18.0. The highest BCUT2D eigenvalue weighted by atomic mass is 16.6. The lowest BCUT2D eigenvalue weighted by molar-refractivity contribution is 0.00636. The summed E-state index contributed by atoms with van der Waals surface area (Å²) in [4.78, 5) is 19.4. The predicted octanol–water partition coefficient (Wildman–Crippen LogP) is 4.41. The number of pyridine rings is 1. The number of carbonyl (C=O) groups is 1. The smallest absolute Gasteiger partial charge is 0.359 e. The maximum atomic E-state index is 12.7. The molecule has 1 aromatic carbocycles. The van der Waals surface area contributed by atoms with Crippen LogP contribution < -0.4 is 4.90 Å². The van der Waals surface area contributed by atoms with Crippen LogP contribution in [0.2, 0.25) is 0 Å². The molecule has 0 atom stereocenters. The average molecular weight is 337 g/mol. The van der Waals surface area contributed by atoms with Crippen LogP contribution in [0.1, 0.15) is 49.7 Å². The molecule has 4 heteroatoms. The van der Waals surface area contributed by atoms with Crippen molar-refractivity contribution in [3.8, 4) is 11.1 Å². The van der Waals surface area contributed by atoms with Crippen LogP contribution in [0.5, 0.6) is 0 Å². The Hall–Kier alpha value is -2.36. The molecule has 0 unspecified atom stereocenters. The lowest BCUT2D eigenvalue weighted by atomic mass is 9.99. The first kappa shape index (κ1) is 17.5. The molecule has 1 radical (unpaired) electrons. The first-order valence-corrected chi connectivity index (χ1v) is 8.83. The first-order chi connectivity index (χ1) is 11.9. The van der Waals surface area contributed by atoms with E-state index >= 15 is 0 Å². The van der Waals surface area contributed by atoms with Crippen molar-refractivity contribution in [2.45, 2.75) is 46.1 Å². The van der Waals surface area contributed by atoms with Crippen molar-refractivity contribution < 1.29 is 9.53 Å². The molecule has 0 N–H and O–H groups in total. The van der Waals surface area contributed by atoms with E-state index in [1.165, 1.54) is 0 Å². The molecule has 1 aliphatic rings. The summed E-state index contributed by atoms with van der Waals surface area (Å²) in [5.41, 5.74) is 3.74. The summed E-state index contributed by atoms with van der Waals surface area (Å²) in [6.45, 7) is 9.54. The van der Waals surface area contributed by atoms with Crippen molar-refractivity contribution in [2.24, 2.45) is 0 Å². The standard InChI is InChI=1S/C21H25N2O2/c1-15-17(16-10-6-5-7-11-16)14-22-18(20(24)25-21(2,3)4)19(15)23-12-8-9-13-23/h5-7,10-11H,8-9,12-13H2,1-4H3. The number of nitrogens with zero attached hydrogens (tertiary/aromatic N) is 2. The number of hydrogen-bond donors (Lipinski definition) is 0. The van der Waals surface area contributed by atoms with Gasteiger partial charge in [-0.1, -0.05) is 30.3 Å². The lowest BCUT2D eigenvalue weighted by Crippen LogP contribution is -2.28. The van der Waals surface area contributed by atoms with Crippen LogP contribution in [-0.4, -0.2) is 29.6 Å². The maximum Gasteiger partial charge on any atom is 0.359 e. The second-order valence-corrected chi connectivity index (χ2v) is 7.48. The molecule has 131 valence electrons. The molecule has 1 aromatic heterocycles. The van der Waals surface area contributed by atoms with E-state index in [1.54, 1.807) is 0 Å². The molecule has 1 aliphatic heterocycles. The first-order valence-electron chi connectivity index (χ1n) is 8.83. The molecule has 0 amide bonds. The number of rotatable bonds is 3. The molecular formula is C21H25N2O2. The Balaban J connectivity index is 2.09. The van der Waals surface area contributed by atoms with Crippen molar-refractivity contribution >= 4 is 11.7 Å². The Labute approximate surface area is 149 Å². The molecule has 2 aromatic rings. The Kier molecular flexibility index (Phi) is 4.80. The van der Waals surface area contributed by atoms with E-state index in [4.69, 9.17) is 4.74 Å². The zero-order valence-electron chi connectivity index (χ0n) is 15.4. The molecule has 0 bridgehead atoms. The van der Waals surface area contributed by atoms with E-state index in [0.29, 0.717) is 5.69 Å². The van der Waals surface area contributed by atoms with Crippen LogP contribution in [0.15, 0.2) is 30.3 Å². The van der Waals surface area contributed by atoms with Gasteiger partial charge < -0.3 is 9.64 Å². The molecule has 25 heavy (non-hydrogen) atoms. The van der Waals surface area contributed by atoms with Crippen molar-refractivity contribution in [1.29, 1.82) is 0 Å². The minimum absolute atomic E-state index is 0.369. The lowest BCUT2D eigenvalue weighted by Gasteiger charge is -2.26. The van der Waals surface area contributed by atoms with E-state index in [1.807, 2.05) is 58.0 Å². The van der Waals surface area contributed by atoms with Gasteiger partial charge in [0.15, 0.2) is 5.69 Å². The summed E-state index contributed by atoms with van der Waals surface area (Å²) >= 11 is 0. The van der Waals surface area contributed by atoms with Gasteiger partial charge in [-0.15, -0.1) is 0 Å². The molecule has 1 fully saturated rings. The number of ether oxygens (including phenoxy) is 1. The third kappa shape index (κ3) is 3.84. The fourth-order valence-corrected chi connectivity index (χ4v) is 3.23. The molecule has 2 heterocycles. The Bertz CT molecular complexity index is 757. The van der Waals surface area contributed by atoms with E-state index in [-0.39, 0.29) is 5.97 Å². The summed E-state index contributed by atoms with van der Waals surface area (Å²) in [7, 11) is 0. The summed E-state index contributed by atoms with van der Waals surface area (Å²) in [5.74, 6) is -0.381. The number of anilines is 1. The third-order valence-electron chi connectivity index (χ3n) is 4.31. The fourth-order valence-electron chi connectivity index (χ4n) is 3.23. The summed E-state index contributed by atoms with van der Waals surface area (Å²) in [6.07, 6.45) is 5.34. The quantitative estimate of drug-likeness (QED) is 0.778. The Morgan fingerprint density at radius 1 is 1.16 bits per heavy atom. The van der Waals surface area contributed by atoms with Gasteiger partial charge in [0.2, 0.25) is 0 Å². The minimum atomic E-state index is -0.549. The number of carbonyl (C=O) groups excluding carboxylic acids is 1. The SMILES string of the molecule is Cc1c(-c2ccccc2)[c]nc(C(=O)OC(C)(C)C)c1N1CCCC1. The van der Waals surface area contributed by atoms with Crippen molar-refractivity contribution in [2.75, 3.05) is 18.0 Å². The van der Waals surface area contributed by atoms with E-state index in [2.05, 4.69) is 16.1 Å². The van der Waals surface area contributed by atoms with Gasteiger partial charge in [0, 0.05) is 18.7 Å². The Morgan fingerprint density at radius 3 is 2.40 bits per heavy atom. The predicted molar refractivity (Wildman–Crippen MR) is 99.9 cm³/mol. The highest BCUT2D eigenvalue weighted by Gasteiger charge is 2.28.